The molecule has 1 saturated heterocycles. The van der Waals surface area contributed by atoms with Gasteiger partial charge in [0.05, 0.1) is 11.8 Å². The van der Waals surface area contributed by atoms with Crippen molar-refractivity contribution in [3.8, 4) is 0 Å². The zero-order valence-electron chi connectivity index (χ0n) is 19.9. The predicted molar refractivity (Wildman–Crippen MR) is 123 cm³/mol. The molecule has 0 spiro atoms. The number of carbonyl (C=O) groups is 2. The zero-order valence-corrected chi connectivity index (χ0v) is 19.9. The number of hydrogen-bond acceptors (Lipinski definition) is 7. The molecule has 182 valence electrons. The second-order valence-corrected chi connectivity index (χ2v) is 10.8. The SMILES string of the molecule is C[C@H]1C=C2C(=O)C=C3C4=C(NO[C@]3(C(=O)COC3CCCCO3)[C@@]2(C)C[C@@H]1O)C1=C(CCC1)C4. The summed E-state index contributed by atoms with van der Waals surface area (Å²) in [6, 6.07) is 0. The van der Waals surface area contributed by atoms with Crippen LogP contribution in [0, 0.1) is 11.3 Å². The molecule has 0 radical (unpaired) electrons. The van der Waals surface area contributed by atoms with Crippen LogP contribution in [-0.4, -0.2) is 47.9 Å². The monoisotopic (exact) mass is 467 g/mol. The van der Waals surface area contributed by atoms with Crippen molar-refractivity contribution in [3.63, 3.8) is 0 Å². The Hall–Kier alpha value is -2.06. The maximum Gasteiger partial charge on any atom is 0.198 e. The lowest BCUT2D eigenvalue weighted by atomic mass is 9.53. The Labute approximate surface area is 199 Å². The van der Waals surface area contributed by atoms with E-state index >= 15 is 0 Å². The van der Waals surface area contributed by atoms with Crippen LogP contribution in [0.4, 0.5) is 0 Å². The molecule has 4 aliphatic carbocycles. The van der Waals surface area contributed by atoms with Gasteiger partial charge in [0, 0.05) is 29.1 Å². The van der Waals surface area contributed by atoms with E-state index in [4.69, 9.17) is 14.3 Å². The number of aliphatic hydroxyl groups is 1. The third-order valence-electron chi connectivity index (χ3n) is 8.83. The number of ether oxygens (including phenoxy) is 2. The number of hydrogen-bond donors (Lipinski definition) is 2. The largest absolute Gasteiger partial charge is 0.392 e. The van der Waals surface area contributed by atoms with Crippen molar-refractivity contribution < 1.29 is 29.0 Å². The summed E-state index contributed by atoms with van der Waals surface area (Å²) in [4.78, 5) is 34.0. The summed E-state index contributed by atoms with van der Waals surface area (Å²) in [7, 11) is 0. The lowest BCUT2D eigenvalue weighted by Crippen LogP contribution is -2.66. The fourth-order valence-electron chi connectivity index (χ4n) is 6.93. The van der Waals surface area contributed by atoms with Gasteiger partial charge in [-0.15, -0.1) is 0 Å². The Morgan fingerprint density at radius 2 is 2.09 bits per heavy atom. The molecule has 6 rings (SSSR count). The molecule has 1 unspecified atom stereocenters. The maximum absolute atomic E-state index is 14.1. The highest BCUT2D eigenvalue weighted by molar-refractivity contribution is 6.12. The van der Waals surface area contributed by atoms with E-state index in [9.17, 15) is 14.7 Å². The van der Waals surface area contributed by atoms with E-state index in [1.165, 1.54) is 11.1 Å². The molecular weight excluding hydrogens is 434 g/mol. The van der Waals surface area contributed by atoms with Gasteiger partial charge in [0.2, 0.25) is 0 Å². The van der Waals surface area contributed by atoms with Crippen LogP contribution in [0.1, 0.15) is 65.2 Å². The van der Waals surface area contributed by atoms with E-state index in [1.54, 1.807) is 6.08 Å². The molecule has 0 aromatic rings. The summed E-state index contributed by atoms with van der Waals surface area (Å²) in [5, 5.41) is 10.9. The van der Waals surface area contributed by atoms with Crippen LogP contribution >= 0.6 is 0 Å². The number of hydroxylamine groups is 1. The van der Waals surface area contributed by atoms with Crippen LogP contribution in [-0.2, 0) is 23.9 Å². The van der Waals surface area contributed by atoms with Crippen molar-refractivity contribution in [1.29, 1.82) is 0 Å². The minimum Gasteiger partial charge on any atom is -0.392 e. The maximum atomic E-state index is 14.1. The van der Waals surface area contributed by atoms with E-state index in [1.807, 2.05) is 19.9 Å². The van der Waals surface area contributed by atoms with Crippen molar-refractivity contribution in [3.05, 3.63) is 45.7 Å². The molecule has 0 saturated carbocycles. The van der Waals surface area contributed by atoms with Gasteiger partial charge in [0.15, 0.2) is 23.5 Å². The van der Waals surface area contributed by atoms with Crippen LogP contribution in [0.15, 0.2) is 45.7 Å². The summed E-state index contributed by atoms with van der Waals surface area (Å²) in [6.07, 6.45) is 9.23. The van der Waals surface area contributed by atoms with Crippen LogP contribution in [0.25, 0.3) is 0 Å². The molecule has 0 aromatic heterocycles. The minimum absolute atomic E-state index is 0.0967. The fourth-order valence-corrected chi connectivity index (χ4v) is 6.93. The van der Waals surface area contributed by atoms with Gasteiger partial charge in [-0.05, 0) is 68.6 Å². The average Bonchev–Trinajstić information content (AvgIpc) is 3.42. The van der Waals surface area contributed by atoms with Gasteiger partial charge < -0.3 is 14.6 Å². The van der Waals surface area contributed by atoms with Crippen molar-refractivity contribution in [1.82, 2.24) is 5.48 Å². The number of aliphatic hydroxyl groups excluding tert-OH is 1. The van der Waals surface area contributed by atoms with Gasteiger partial charge in [0.1, 0.15) is 6.61 Å². The summed E-state index contributed by atoms with van der Waals surface area (Å²) < 4.78 is 11.6. The van der Waals surface area contributed by atoms with Gasteiger partial charge in [-0.3, -0.25) is 19.9 Å². The van der Waals surface area contributed by atoms with E-state index in [0.717, 1.165) is 56.2 Å². The highest BCUT2D eigenvalue weighted by Crippen LogP contribution is 2.60. The summed E-state index contributed by atoms with van der Waals surface area (Å²) >= 11 is 0. The van der Waals surface area contributed by atoms with Crippen molar-refractivity contribution >= 4 is 11.6 Å². The average molecular weight is 468 g/mol. The van der Waals surface area contributed by atoms with Crippen LogP contribution in [0.2, 0.25) is 0 Å². The van der Waals surface area contributed by atoms with Crippen LogP contribution in [0.3, 0.4) is 0 Å². The molecular formula is C27H33NO6. The summed E-state index contributed by atoms with van der Waals surface area (Å²) in [5.41, 5.74) is 6.41. The minimum atomic E-state index is -1.46. The number of rotatable bonds is 4. The van der Waals surface area contributed by atoms with Gasteiger partial charge in [-0.25, -0.2) is 0 Å². The molecule has 34 heavy (non-hydrogen) atoms. The number of Topliss-reactive ketones (excluding diaryl/α,β-unsaturated/α-hetero) is 1. The molecule has 6 aliphatic rings. The fraction of sp³-hybridized carbons (Fsp3) is 0.630. The third-order valence-corrected chi connectivity index (χ3v) is 8.83. The van der Waals surface area contributed by atoms with Crippen molar-refractivity contribution in [2.75, 3.05) is 13.2 Å². The zero-order chi connectivity index (χ0) is 23.7. The smallest absolute Gasteiger partial charge is 0.198 e. The van der Waals surface area contributed by atoms with Crippen LogP contribution in [0.5, 0.6) is 0 Å². The molecule has 2 aliphatic heterocycles. The second-order valence-electron chi connectivity index (χ2n) is 10.8. The molecule has 7 heteroatoms. The standard InChI is InChI=1S/C27H33NO6/c1-15-10-20-21(29)12-19-18-11-16-6-5-7-17(16)25(18)28-34-27(19,26(20,2)13-22(15)30)23(31)14-33-24-8-3-4-9-32-24/h10,12,15,22,24,28,30H,3-9,11,13-14H2,1-2H3/t15-,22-,24?,26-,27+/m0/s1. The van der Waals surface area contributed by atoms with Crippen LogP contribution < -0.4 is 5.48 Å². The Morgan fingerprint density at radius 3 is 2.88 bits per heavy atom. The first-order valence-electron chi connectivity index (χ1n) is 12.7. The molecule has 7 nitrogen and oxygen atoms in total. The molecule has 1 fully saturated rings. The number of carbonyl (C=O) groups excluding carboxylic acids is 2. The second kappa shape index (κ2) is 7.98. The Kier molecular flexibility index (Phi) is 5.26. The topological polar surface area (TPSA) is 94.1 Å². The predicted octanol–water partition coefficient (Wildman–Crippen LogP) is 3.35. The first kappa shape index (κ1) is 22.4. The van der Waals surface area contributed by atoms with E-state index in [0.29, 0.717) is 17.8 Å². The van der Waals surface area contributed by atoms with Gasteiger partial charge in [0.25, 0.3) is 0 Å². The van der Waals surface area contributed by atoms with E-state index in [-0.39, 0.29) is 30.5 Å². The van der Waals surface area contributed by atoms with Crippen molar-refractivity contribution in [2.24, 2.45) is 11.3 Å². The van der Waals surface area contributed by atoms with E-state index < -0.39 is 23.4 Å². The number of allylic oxidation sites excluding steroid dienone is 3. The first-order chi connectivity index (χ1) is 16.3. The summed E-state index contributed by atoms with van der Waals surface area (Å²) in [6.45, 7) is 4.23. The lowest BCUT2D eigenvalue weighted by Gasteiger charge is -2.55. The van der Waals surface area contributed by atoms with Crippen molar-refractivity contribution in [2.45, 2.75) is 83.2 Å². The Balaban J connectivity index is 1.44. The molecule has 0 aromatic carbocycles. The number of ketones is 2. The highest BCUT2D eigenvalue weighted by atomic mass is 16.7. The number of fused-ring (bicyclic) bond motifs is 5. The van der Waals surface area contributed by atoms with Gasteiger partial charge in [-0.1, -0.05) is 25.5 Å². The molecule has 2 N–H and O–H groups in total. The summed E-state index contributed by atoms with van der Waals surface area (Å²) in [5.74, 6) is -0.522. The third kappa shape index (κ3) is 3.03. The molecule has 2 heterocycles. The van der Waals surface area contributed by atoms with Gasteiger partial charge >= 0.3 is 0 Å². The quantitative estimate of drug-likeness (QED) is 0.655. The Bertz CT molecular complexity index is 1080. The molecule has 0 bridgehead atoms. The number of nitrogens with one attached hydrogen (secondary N) is 1. The first-order valence-corrected chi connectivity index (χ1v) is 12.7. The normalized spacial score (nSPS) is 39.0. The Morgan fingerprint density at radius 1 is 1.24 bits per heavy atom. The molecule has 0 amide bonds. The molecule has 5 atom stereocenters. The lowest BCUT2D eigenvalue weighted by molar-refractivity contribution is -0.195. The highest BCUT2D eigenvalue weighted by Gasteiger charge is 2.66. The van der Waals surface area contributed by atoms with E-state index in [2.05, 4.69) is 5.48 Å². The van der Waals surface area contributed by atoms with Gasteiger partial charge in [-0.2, -0.15) is 0 Å².